The van der Waals surface area contributed by atoms with Crippen molar-refractivity contribution in [3.05, 3.63) is 35.9 Å². The summed E-state index contributed by atoms with van der Waals surface area (Å²) in [5.74, 6) is 0.617. The molecule has 1 heterocycles. The van der Waals surface area contributed by atoms with Gasteiger partial charge in [0.25, 0.3) is 0 Å². The number of rotatable bonds is 4. The summed E-state index contributed by atoms with van der Waals surface area (Å²) in [5, 5.41) is 2.67. The molecule has 0 bridgehead atoms. The lowest BCUT2D eigenvalue weighted by Crippen LogP contribution is -2.42. The van der Waals surface area contributed by atoms with Gasteiger partial charge in [-0.05, 0) is 24.3 Å². The Kier molecular flexibility index (Phi) is 5.20. The molecular formula is C16H23N3O2. The third-order valence-electron chi connectivity index (χ3n) is 3.91. The molecule has 1 aromatic carbocycles. The van der Waals surface area contributed by atoms with E-state index in [1.807, 2.05) is 35.2 Å². The van der Waals surface area contributed by atoms with Crippen molar-refractivity contribution in [3.8, 4) is 0 Å². The van der Waals surface area contributed by atoms with Crippen LogP contribution >= 0.6 is 0 Å². The fourth-order valence-electron chi connectivity index (χ4n) is 2.83. The van der Waals surface area contributed by atoms with Gasteiger partial charge in [0, 0.05) is 13.1 Å². The van der Waals surface area contributed by atoms with Gasteiger partial charge in [0.1, 0.15) is 0 Å². The minimum atomic E-state index is -0.608. The summed E-state index contributed by atoms with van der Waals surface area (Å²) >= 11 is 0. The summed E-state index contributed by atoms with van der Waals surface area (Å²) in [7, 11) is 0. The molecule has 0 saturated carbocycles. The predicted octanol–water partition coefficient (Wildman–Crippen LogP) is 2.04. The van der Waals surface area contributed by atoms with Crippen molar-refractivity contribution in [2.45, 2.75) is 32.2 Å². The second-order valence-corrected chi connectivity index (χ2v) is 5.76. The normalized spacial score (nSPS) is 19.9. The van der Waals surface area contributed by atoms with E-state index in [2.05, 4.69) is 12.2 Å². The maximum atomic E-state index is 12.4. The average Bonchev–Trinajstić information content (AvgIpc) is 2.47. The minimum absolute atomic E-state index is 0.0733. The van der Waals surface area contributed by atoms with Crippen molar-refractivity contribution in [2.24, 2.45) is 11.7 Å². The number of primary amides is 1. The molecule has 1 saturated heterocycles. The van der Waals surface area contributed by atoms with Crippen molar-refractivity contribution in [1.82, 2.24) is 10.2 Å². The molecule has 2 atom stereocenters. The molecular weight excluding hydrogens is 266 g/mol. The highest BCUT2D eigenvalue weighted by Gasteiger charge is 2.24. The Morgan fingerprint density at radius 2 is 2.10 bits per heavy atom. The Labute approximate surface area is 125 Å². The van der Waals surface area contributed by atoms with Gasteiger partial charge in [0.05, 0.1) is 12.5 Å². The van der Waals surface area contributed by atoms with Gasteiger partial charge in [-0.3, -0.25) is 4.79 Å². The van der Waals surface area contributed by atoms with Crippen LogP contribution in [0.1, 0.15) is 37.8 Å². The van der Waals surface area contributed by atoms with Gasteiger partial charge in [-0.2, -0.15) is 0 Å². The third-order valence-corrected chi connectivity index (χ3v) is 3.91. The van der Waals surface area contributed by atoms with E-state index in [0.29, 0.717) is 5.92 Å². The van der Waals surface area contributed by atoms with Crippen molar-refractivity contribution in [2.75, 3.05) is 13.1 Å². The van der Waals surface area contributed by atoms with E-state index in [1.54, 1.807) is 0 Å². The van der Waals surface area contributed by atoms with Crippen molar-refractivity contribution >= 4 is 11.9 Å². The lowest BCUT2D eigenvalue weighted by molar-refractivity contribution is -0.133. The number of urea groups is 1. The van der Waals surface area contributed by atoms with Crippen molar-refractivity contribution in [3.63, 3.8) is 0 Å². The van der Waals surface area contributed by atoms with Crippen LogP contribution in [-0.2, 0) is 4.79 Å². The number of amides is 3. The molecule has 0 aromatic heterocycles. The Bertz CT molecular complexity index is 490. The molecule has 3 amide bonds. The first kappa shape index (κ1) is 15.4. The summed E-state index contributed by atoms with van der Waals surface area (Å²) in [6.07, 6.45) is 2.47. The van der Waals surface area contributed by atoms with Crippen LogP contribution in [0.25, 0.3) is 0 Å². The number of hydrogen-bond donors (Lipinski definition) is 2. The first-order valence-electron chi connectivity index (χ1n) is 7.45. The largest absolute Gasteiger partial charge is 0.352 e. The highest BCUT2D eigenvalue weighted by molar-refractivity contribution is 5.79. The van der Waals surface area contributed by atoms with Crippen molar-refractivity contribution in [1.29, 1.82) is 0 Å². The fraction of sp³-hybridized carbons (Fsp3) is 0.500. The number of likely N-dealkylation sites (tertiary alicyclic amines) is 1. The topological polar surface area (TPSA) is 75.4 Å². The smallest absolute Gasteiger partial charge is 0.312 e. The number of nitrogens with one attached hydrogen (secondary N) is 1. The molecule has 1 aliphatic heterocycles. The predicted molar refractivity (Wildman–Crippen MR) is 81.5 cm³/mol. The zero-order valence-corrected chi connectivity index (χ0v) is 12.4. The van der Waals surface area contributed by atoms with E-state index in [-0.39, 0.29) is 18.4 Å². The van der Waals surface area contributed by atoms with Crippen LogP contribution in [-0.4, -0.2) is 29.9 Å². The van der Waals surface area contributed by atoms with Crippen molar-refractivity contribution < 1.29 is 9.59 Å². The zero-order chi connectivity index (χ0) is 15.2. The van der Waals surface area contributed by atoms with Crippen LogP contribution < -0.4 is 11.1 Å². The van der Waals surface area contributed by atoms with Gasteiger partial charge in [-0.1, -0.05) is 37.3 Å². The Morgan fingerprint density at radius 1 is 1.38 bits per heavy atom. The summed E-state index contributed by atoms with van der Waals surface area (Å²) in [6, 6.07) is 8.49. The van der Waals surface area contributed by atoms with E-state index in [4.69, 9.17) is 5.73 Å². The maximum Gasteiger partial charge on any atom is 0.312 e. The van der Waals surface area contributed by atoms with E-state index in [1.165, 1.54) is 6.42 Å². The van der Waals surface area contributed by atoms with E-state index < -0.39 is 6.03 Å². The Balaban J connectivity index is 2.04. The average molecular weight is 289 g/mol. The van der Waals surface area contributed by atoms with E-state index in [0.717, 1.165) is 25.1 Å². The first-order valence-corrected chi connectivity index (χ1v) is 7.45. The number of carbonyl (C=O) groups is 2. The molecule has 1 aromatic rings. The monoisotopic (exact) mass is 289 g/mol. The summed E-state index contributed by atoms with van der Waals surface area (Å²) in [5.41, 5.74) is 6.13. The number of piperidine rings is 1. The highest BCUT2D eigenvalue weighted by Crippen LogP contribution is 2.21. The van der Waals surface area contributed by atoms with Crippen LogP contribution in [0.3, 0.4) is 0 Å². The van der Waals surface area contributed by atoms with Gasteiger partial charge in [0.15, 0.2) is 0 Å². The lowest BCUT2D eigenvalue weighted by atomic mass is 9.98. The Hall–Kier alpha value is -2.04. The molecule has 5 nitrogen and oxygen atoms in total. The molecule has 114 valence electrons. The molecule has 2 unspecified atom stereocenters. The third kappa shape index (κ3) is 4.48. The molecule has 1 aliphatic rings. The molecule has 0 radical (unpaired) electrons. The SMILES string of the molecule is CC1CCCN(C(=O)CC(NC(N)=O)c2ccccc2)C1. The second-order valence-electron chi connectivity index (χ2n) is 5.76. The minimum Gasteiger partial charge on any atom is -0.352 e. The van der Waals surface area contributed by atoms with E-state index in [9.17, 15) is 9.59 Å². The molecule has 3 N–H and O–H groups in total. The number of nitrogens with zero attached hydrogens (tertiary/aromatic N) is 1. The Morgan fingerprint density at radius 3 is 2.71 bits per heavy atom. The quantitative estimate of drug-likeness (QED) is 0.890. The molecule has 0 aliphatic carbocycles. The summed E-state index contributed by atoms with van der Waals surface area (Å²) < 4.78 is 0. The maximum absolute atomic E-state index is 12.4. The number of carbonyl (C=O) groups excluding carboxylic acids is 2. The van der Waals surface area contributed by atoms with E-state index >= 15 is 0 Å². The van der Waals surface area contributed by atoms with Gasteiger partial charge >= 0.3 is 6.03 Å². The molecule has 1 fully saturated rings. The zero-order valence-electron chi connectivity index (χ0n) is 12.4. The van der Waals surface area contributed by atoms with Crippen LogP contribution in [0.15, 0.2) is 30.3 Å². The number of nitrogens with two attached hydrogens (primary N) is 1. The van der Waals surface area contributed by atoms with Crippen LogP contribution in [0.4, 0.5) is 4.79 Å². The van der Waals surface area contributed by atoms with Gasteiger partial charge < -0.3 is 16.0 Å². The fourth-order valence-corrected chi connectivity index (χ4v) is 2.83. The molecule has 0 spiro atoms. The van der Waals surface area contributed by atoms with Crippen LogP contribution in [0, 0.1) is 5.92 Å². The van der Waals surface area contributed by atoms with Crippen LogP contribution in [0.5, 0.6) is 0 Å². The summed E-state index contributed by atoms with van der Waals surface area (Å²) in [6.45, 7) is 3.77. The highest BCUT2D eigenvalue weighted by atomic mass is 16.2. The number of benzene rings is 1. The molecule has 21 heavy (non-hydrogen) atoms. The van der Waals surface area contributed by atoms with Gasteiger partial charge in [0.2, 0.25) is 5.91 Å². The summed E-state index contributed by atoms with van der Waals surface area (Å²) in [4.78, 5) is 25.5. The van der Waals surface area contributed by atoms with Crippen LogP contribution in [0.2, 0.25) is 0 Å². The number of hydrogen-bond acceptors (Lipinski definition) is 2. The molecule has 2 rings (SSSR count). The lowest BCUT2D eigenvalue weighted by Gasteiger charge is -2.32. The first-order chi connectivity index (χ1) is 10.1. The van der Waals surface area contributed by atoms with Gasteiger partial charge in [-0.25, -0.2) is 4.79 Å². The standard InChI is InChI=1S/C16H23N3O2/c1-12-6-5-9-19(11-12)15(20)10-14(18-16(17)21)13-7-3-2-4-8-13/h2-4,7-8,12,14H,5-6,9-11H2,1H3,(H3,17,18,21). The second kappa shape index (κ2) is 7.11. The molecule has 5 heteroatoms. The van der Waals surface area contributed by atoms with Gasteiger partial charge in [-0.15, -0.1) is 0 Å².